The first-order chi connectivity index (χ1) is 14.0. The summed E-state index contributed by atoms with van der Waals surface area (Å²) < 4.78 is 5.39. The molecule has 148 valence electrons. The van der Waals surface area contributed by atoms with Gasteiger partial charge < -0.3 is 10.1 Å². The molecule has 1 heterocycles. The summed E-state index contributed by atoms with van der Waals surface area (Å²) in [4.78, 5) is 29.5. The first kappa shape index (κ1) is 20.9. The average Bonchev–Trinajstić information content (AvgIpc) is 2.71. The topological polar surface area (TPSA) is 68.3 Å². The lowest BCUT2D eigenvalue weighted by Gasteiger charge is -2.11. The van der Waals surface area contributed by atoms with Crippen molar-refractivity contribution in [3.63, 3.8) is 0 Å². The van der Waals surface area contributed by atoms with Crippen LogP contribution in [-0.2, 0) is 20.9 Å². The van der Waals surface area contributed by atoms with Crippen molar-refractivity contribution in [1.82, 2.24) is 10.3 Å². The van der Waals surface area contributed by atoms with Crippen molar-refractivity contribution in [2.75, 3.05) is 6.26 Å². The normalized spacial score (nSPS) is 11.3. The van der Waals surface area contributed by atoms with Crippen LogP contribution in [0.2, 0.25) is 5.15 Å². The van der Waals surface area contributed by atoms with Gasteiger partial charge in [-0.25, -0.2) is 9.78 Å². The van der Waals surface area contributed by atoms with Gasteiger partial charge in [0.15, 0.2) is 0 Å². The van der Waals surface area contributed by atoms with Crippen molar-refractivity contribution >= 4 is 52.2 Å². The van der Waals surface area contributed by atoms with Crippen molar-refractivity contribution in [2.45, 2.75) is 18.4 Å². The number of benzene rings is 2. The molecule has 0 radical (unpaired) electrons. The van der Waals surface area contributed by atoms with E-state index in [4.69, 9.17) is 16.3 Å². The number of rotatable bonds is 6. The zero-order valence-electron chi connectivity index (χ0n) is 15.9. The van der Waals surface area contributed by atoms with Crippen LogP contribution < -0.4 is 5.32 Å². The van der Waals surface area contributed by atoms with Crippen molar-refractivity contribution in [3.8, 4) is 0 Å². The zero-order chi connectivity index (χ0) is 20.8. The summed E-state index contributed by atoms with van der Waals surface area (Å²) in [6, 6.07) is 16.9. The Labute approximate surface area is 178 Å². The van der Waals surface area contributed by atoms with Crippen LogP contribution in [0, 0.1) is 0 Å². The number of esters is 1. The van der Waals surface area contributed by atoms with E-state index >= 15 is 0 Å². The predicted molar refractivity (Wildman–Crippen MR) is 117 cm³/mol. The number of pyridine rings is 1. The standard InChI is InChI=1S/C22H19ClN2O3S/c1-14(26)24-20(10-15-6-4-3-5-7-15)22(27)28-13-17-11-16-8-9-18(29-2)12-19(16)25-21(17)23/h3-12H,13H2,1-2H3,(H,24,26)/b20-10-. The summed E-state index contributed by atoms with van der Waals surface area (Å²) in [6.07, 6.45) is 3.56. The number of carbonyl (C=O) groups excluding carboxylic acids is 2. The summed E-state index contributed by atoms with van der Waals surface area (Å²) in [5.74, 6) is -1.02. The van der Waals surface area contributed by atoms with Gasteiger partial charge in [0.1, 0.15) is 17.5 Å². The number of amides is 1. The Morgan fingerprint density at radius 3 is 2.62 bits per heavy atom. The van der Waals surface area contributed by atoms with Crippen molar-refractivity contribution in [2.24, 2.45) is 0 Å². The van der Waals surface area contributed by atoms with E-state index in [1.807, 2.05) is 60.9 Å². The van der Waals surface area contributed by atoms with Gasteiger partial charge in [0.25, 0.3) is 0 Å². The summed E-state index contributed by atoms with van der Waals surface area (Å²) in [6.45, 7) is 1.27. The molecule has 0 aliphatic heterocycles. The number of hydrogen-bond acceptors (Lipinski definition) is 5. The minimum Gasteiger partial charge on any atom is -0.456 e. The van der Waals surface area contributed by atoms with Gasteiger partial charge in [0, 0.05) is 22.8 Å². The van der Waals surface area contributed by atoms with Crippen LogP contribution in [0.4, 0.5) is 0 Å². The Bertz CT molecular complexity index is 1080. The molecule has 7 heteroatoms. The fourth-order valence-corrected chi connectivity index (χ4v) is 3.30. The van der Waals surface area contributed by atoms with Crippen LogP contribution in [0.1, 0.15) is 18.1 Å². The molecule has 1 amide bonds. The Morgan fingerprint density at radius 2 is 1.93 bits per heavy atom. The van der Waals surface area contributed by atoms with Crippen LogP contribution in [-0.4, -0.2) is 23.1 Å². The van der Waals surface area contributed by atoms with E-state index in [1.54, 1.807) is 17.8 Å². The number of nitrogens with zero attached hydrogens (tertiary/aromatic N) is 1. The number of hydrogen-bond donors (Lipinski definition) is 1. The van der Waals surface area contributed by atoms with E-state index in [0.29, 0.717) is 5.56 Å². The van der Waals surface area contributed by atoms with Gasteiger partial charge in [-0.3, -0.25) is 4.79 Å². The molecule has 0 saturated carbocycles. The maximum Gasteiger partial charge on any atom is 0.355 e. The Kier molecular flexibility index (Phi) is 6.90. The van der Waals surface area contributed by atoms with Crippen LogP contribution in [0.25, 0.3) is 17.0 Å². The molecule has 5 nitrogen and oxygen atoms in total. The second-order valence-electron chi connectivity index (χ2n) is 6.22. The lowest BCUT2D eigenvalue weighted by atomic mass is 10.1. The predicted octanol–water partition coefficient (Wildman–Crippen LogP) is 4.83. The van der Waals surface area contributed by atoms with E-state index in [2.05, 4.69) is 10.3 Å². The van der Waals surface area contributed by atoms with Gasteiger partial charge in [0.05, 0.1) is 5.52 Å². The number of fused-ring (bicyclic) bond motifs is 1. The lowest BCUT2D eigenvalue weighted by molar-refractivity contribution is -0.141. The maximum atomic E-state index is 12.5. The fraction of sp³-hybridized carbons (Fsp3) is 0.136. The van der Waals surface area contributed by atoms with E-state index in [-0.39, 0.29) is 23.4 Å². The molecular formula is C22H19ClN2O3S. The number of nitrogens with one attached hydrogen (secondary N) is 1. The number of thioether (sulfide) groups is 1. The van der Waals surface area contributed by atoms with Gasteiger partial charge in [-0.2, -0.15) is 0 Å². The molecule has 0 saturated heterocycles. The highest BCUT2D eigenvalue weighted by atomic mass is 35.5. The van der Waals surface area contributed by atoms with E-state index < -0.39 is 5.97 Å². The SMILES string of the molecule is CSc1ccc2cc(COC(=O)/C(=C/c3ccccc3)NC(C)=O)c(Cl)nc2c1. The molecule has 2 aromatic carbocycles. The van der Waals surface area contributed by atoms with Crippen molar-refractivity contribution in [3.05, 3.63) is 76.6 Å². The first-order valence-corrected chi connectivity index (χ1v) is 10.4. The van der Waals surface area contributed by atoms with E-state index in [0.717, 1.165) is 21.4 Å². The maximum absolute atomic E-state index is 12.5. The lowest BCUT2D eigenvalue weighted by Crippen LogP contribution is -2.26. The molecule has 0 aliphatic rings. The molecule has 0 unspecified atom stereocenters. The minimum atomic E-state index is -0.655. The second kappa shape index (κ2) is 9.58. The van der Waals surface area contributed by atoms with Gasteiger partial charge in [-0.05, 0) is 36.1 Å². The first-order valence-electron chi connectivity index (χ1n) is 8.81. The van der Waals surface area contributed by atoms with Crippen LogP contribution in [0.15, 0.2) is 65.2 Å². The molecule has 0 spiro atoms. The molecule has 0 fully saturated rings. The highest BCUT2D eigenvalue weighted by Gasteiger charge is 2.15. The van der Waals surface area contributed by atoms with Gasteiger partial charge in [0.2, 0.25) is 5.91 Å². The second-order valence-corrected chi connectivity index (χ2v) is 7.46. The van der Waals surface area contributed by atoms with Gasteiger partial charge in [-0.1, -0.05) is 48.0 Å². The Hall–Kier alpha value is -2.83. The summed E-state index contributed by atoms with van der Waals surface area (Å²) in [7, 11) is 0. The molecule has 1 N–H and O–H groups in total. The largest absolute Gasteiger partial charge is 0.456 e. The van der Waals surface area contributed by atoms with Crippen LogP contribution in [0.5, 0.6) is 0 Å². The van der Waals surface area contributed by atoms with Gasteiger partial charge >= 0.3 is 5.97 Å². The third kappa shape index (κ3) is 5.59. The Balaban J connectivity index is 1.79. The number of ether oxygens (including phenoxy) is 1. The van der Waals surface area contributed by atoms with E-state index in [1.165, 1.54) is 6.92 Å². The number of halogens is 1. The quantitative estimate of drug-likeness (QED) is 0.264. The number of aromatic nitrogens is 1. The van der Waals surface area contributed by atoms with Crippen LogP contribution in [0.3, 0.4) is 0 Å². The molecule has 1 aromatic heterocycles. The molecule has 3 aromatic rings. The van der Waals surface area contributed by atoms with Gasteiger partial charge in [-0.15, -0.1) is 11.8 Å². The average molecular weight is 427 g/mol. The van der Waals surface area contributed by atoms with Crippen molar-refractivity contribution < 1.29 is 14.3 Å². The van der Waals surface area contributed by atoms with Crippen molar-refractivity contribution in [1.29, 1.82) is 0 Å². The van der Waals surface area contributed by atoms with E-state index in [9.17, 15) is 9.59 Å². The summed E-state index contributed by atoms with van der Waals surface area (Å²) in [5.41, 5.74) is 2.19. The molecule has 0 atom stereocenters. The molecule has 0 aliphatic carbocycles. The minimum absolute atomic E-state index is 0.0539. The summed E-state index contributed by atoms with van der Waals surface area (Å²) >= 11 is 7.91. The summed E-state index contributed by atoms with van der Waals surface area (Å²) in [5, 5.41) is 3.70. The highest BCUT2D eigenvalue weighted by Crippen LogP contribution is 2.25. The third-order valence-electron chi connectivity index (χ3n) is 4.05. The number of carbonyl (C=O) groups is 2. The smallest absolute Gasteiger partial charge is 0.355 e. The Morgan fingerprint density at radius 1 is 1.17 bits per heavy atom. The molecule has 0 bridgehead atoms. The zero-order valence-corrected chi connectivity index (χ0v) is 17.5. The molecule has 3 rings (SSSR count). The fourth-order valence-electron chi connectivity index (χ4n) is 2.67. The van der Waals surface area contributed by atoms with Crippen LogP contribution >= 0.6 is 23.4 Å². The third-order valence-corrected chi connectivity index (χ3v) is 5.10. The highest BCUT2D eigenvalue weighted by molar-refractivity contribution is 7.98. The molecule has 29 heavy (non-hydrogen) atoms. The monoisotopic (exact) mass is 426 g/mol. The molecular weight excluding hydrogens is 408 g/mol.